The number of nitrogens with zero attached hydrogens (tertiary/aromatic N) is 1. The summed E-state index contributed by atoms with van der Waals surface area (Å²) in [6.07, 6.45) is 6.36. The summed E-state index contributed by atoms with van der Waals surface area (Å²) in [5.74, 6) is 0.834. The molecule has 0 radical (unpaired) electrons. The highest BCUT2D eigenvalue weighted by atomic mass is 14.9. The van der Waals surface area contributed by atoms with Crippen molar-refractivity contribution in [2.75, 3.05) is 19.6 Å². The Kier molecular flexibility index (Phi) is 4.31. The van der Waals surface area contributed by atoms with Gasteiger partial charge < -0.3 is 10.6 Å². The lowest BCUT2D eigenvalue weighted by Gasteiger charge is -2.24. The molecule has 2 heterocycles. The highest BCUT2D eigenvalue weighted by Crippen LogP contribution is 2.14. The van der Waals surface area contributed by atoms with Crippen molar-refractivity contribution in [3.05, 3.63) is 30.1 Å². The lowest BCUT2D eigenvalue weighted by Crippen LogP contribution is -2.34. The van der Waals surface area contributed by atoms with E-state index in [1.54, 1.807) is 0 Å². The number of aromatic nitrogens is 1. The van der Waals surface area contributed by atoms with Gasteiger partial charge in [0.05, 0.1) is 0 Å². The van der Waals surface area contributed by atoms with Crippen LogP contribution in [0.2, 0.25) is 0 Å². The Labute approximate surface area is 97.7 Å². The van der Waals surface area contributed by atoms with E-state index in [1.807, 2.05) is 18.5 Å². The largest absolute Gasteiger partial charge is 0.317 e. The predicted octanol–water partition coefficient (Wildman–Crippen LogP) is 1.73. The van der Waals surface area contributed by atoms with Crippen molar-refractivity contribution >= 4 is 0 Å². The molecule has 3 heteroatoms. The van der Waals surface area contributed by atoms with Gasteiger partial charge in [-0.25, -0.2) is 0 Å². The Hall–Kier alpha value is -0.930. The van der Waals surface area contributed by atoms with Crippen LogP contribution in [0.4, 0.5) is 0 Å². The second-order valence-corrected chi connectivity index (χ2v) is 4.61. The zero-order valence-electron chi connectivity index (χ0n) is 9.95. The predicted molar refractivity (Wildman–Crippen MR) is 66.2 cm³/mol. The fourth-order valence-electron chi connectivity index (χ4n) is 2.18. The summed E-state index contributed by atoms with van der Waals surface area (Å²) in [5.41, 5.74) is 1.27. The maximum absolute atomic E-state index is 4.15. The lowest BCUT2D eigenvalue weighted by molar-refractivity contribution is 0.345. The maximum atomic E-state index is 4.15. The van der Waals surface area contributed by atoms with Crippen molar-refractivity contribution < 1.29 is 0 Å². The maximum Gasteiger partial charge on any atom is 0.0315 e. The molecule has 0 saturated carbocycles. The van der Waals surface area contributed by atoms with Gasteiger partial charge in [-0.2, -0.15) is 0 Å². The summed E-state index contributed by atoms with van der Waals surface area (Å²) in [6, 6.07) is 4.54. The molecule has 0 amide bonds. The standard InChI is InChI=1S/C13H21N3/c1-11(13-3-2-6-15-10-13)16-9-12-4-7-14-8-5-12/h2-3,6,10-12,14,16H,4-5,7-9H2,1H3/t11-/m0/s1. The van der Waals surface area contributed by atoms with E-state index in [1.165, 1.54) is 31.5 Å². The van der Waals surface area contributed by atoms with Crippen LogP contribution in [-0.4, -0.2) is 24.6 Å². The fourth-order valence-corrected chi connectivity index (χ4v) is 2.18. The Morgan fingerprint density at radius 1 is 1.50 bits per heavy atom. The molecule has 3 nitrogen and oxygen atoms in total. The summed E-state index contributed by atoms with van der Waals surface area (Å²) in [7, 11) is 0. The lowest BCUT2D eigenvalue weighted by atomic mass is 9.97. The monoisotopic (exact) mass is 219 g/mol. The van der Waals surface area contributed by atoms with Crippen molar-refractivity contribution in [1.82, 2.24) is 15.6 Å². The van der Waals surface area contributed by atoms with Gasteiger partial charge in [-0.3, -0.25) is 4.98 Å². The average molecular weight is 219 g/mol. The van der Waals surface area contributed by atoms with Crippen LogP contribution < -0.4 is 10.6 Å². The normalized spacial score (nSPS) is 19.6. The van der Waals surface area contributed by atoms with Crippen LogP contribution in [0.3, 0.4) is 0 Å². The molecule has 0 aliphatic carbocycles. The van der Waals surface area contributed by atoms with Crippen molar-refractivity contribution in [3.8, 4) is 0 Å². The van der Waals surface area contributed by atoms with Crippen LogP contribution in [-0.2, 0) is 0 Å². The topological polar surface area (TPSA) is 37.0 Å². The van der Waals surface area contributed by atoms with Gasteiger partial charge in [-0.05, 0) is 56.9 Å². The van der Waals surface area contributed by atoms with E-state index >= 15 is 0 Å². The molecule has 2 rings (SSSR count). The number of hydrogen-bond acceptors (Lipinski definition) is 3. The molecule has 1 fully saturated rings. The van der Waals surface area contributed by atoms with Gasteiger partial charge in [0.1, 0.15) is 0 Å². The molecule has 1 aromatic rings. The average Bonchev–Trinajstić information content (AvgIpc) is 2.38. The molecule has 1 aromatic heterocycles. The molecule has 0 unspecified atom stereocenters. The van der Waals surface area contributed by atoms with Gasteiger partial charge in [-0.15, -0.1) is 0 Å². The first-order valence-electron chi connectivity index (χ1n) is 6.20. The third kappa shape index (κ3) is 3.29. The van der Waals surface area contributed by atoms with Crippen LogP contribution in [0.5, 0.6) is 0 Å². The second-order valence-electron chi connectivity index (χ2n) is 4.61. The zero-order valence-corrected chi connectivity index (χ0v) is 9.95. The number of piperidine rings is 1. The minimum Gasteiger partial charge on any atom is -0.317 e. The fraction of sp³-hybridized carbons (Fsp3) is 0.615. The minimum absolute atomic E-state index is 0.406. The van der Waals surface area contributed by atoms with E-state index in [-0.39, 0.29) is 0 Å². The van der Waals surface area contributed by atoms with Gasteiger partial charge in [0, 0.05) is 18.4 Å². The SMILES string of the molecule is C[C@H](NCC1CCNCC1)c1cccnc1. The zero-order chi connectivity index (χ0) is 11.2. The molecule has 0 aromatic carbocycles. The summed E-state index contributed by atoms with van der Waals surface area (Å²) < 4.78 is 0. The molecule has 1 aliphatic rings. The number of pyridine rings is 1. The third-order valence-corrected chi connectivity index (χ3v) is 3.36. The second kappa shape index (κ2) is 5.97. The smallest absolute Gasteiger partial charge is 0.0315 e. The summed E-state index contributed by atoms with van der Waals surface area (Å²) in [4.78, 5) is 4.15. The van der Waals surface area contributed by atoms with Crippen LogP contribution in [0.1, 0.15) is 31.4 Å². The van der Waals surface area contributed by atoms with E-state index in [4.69, 9.17) is 0 Å². The molecule has 0 spiro atoms. The van der Waals surface area contributed by atoms with E-state index in [0.29, 0.717) is 6.04 Å². The molecule has 1 aliphatic heterocycles. The highest BCUT2D eigenvalue weighted by molar-refractivity contribution is 5.12. The Morgan fingerprint density at radius 2 is 2.31 bits per heavy atom. The first-order chi connectivity index (χ1) is 7.86. The number of nitrogens with one attached hydrogen (secondary N) is 2. The van der Waals surface area contributed by atoms with Crippen LogP contribution in [0, 0.1) is 5.92 Å². The molecule has 16 heavy (non-hydrogen) atoms. The molecular formula is C13H21N3. The van der Waals surface area contributed by atoms with Gasteiger partial charge in [-0.1, -0.05) is 6.07 Å². The van der Waals surface area contributed by atoms with Crippen LogP contribution in [0.15, 0.2) is 24.5 Å². The van der Waals surface area contributed by atoms with E-state index in [9.17, 15) is 0 Å². The molecule has 0 bridgehead atoms. The molecule has 2 N–H and O–H groups in total. The summed E-state index contributed by atoms with van der Waals surface area (Å²) >= 11 is 0. The molecule has 1 saturated heterocycles. The summed E-state index contributed by atoms with van der Waals surface area (Å²) in [6.45, 7) is 5.68. The van der Waals surface area contributed by atoms with Crippen LogP contribution >= 0.6 is 0 Å². The Morgan fingerprint density at radius 3 is 3.00 bits per heavy atom. The van der Waals surface area contributed by atoms with Gasteiger partial charge in [0.2, 0.25) is 0 Å². The van der Waals surface area contributed by atoms with Crippen LogP contribution in [0.25, 0.3) is 0 Å². The molecule has 1 atom stereocenters. The number of rotatable bonds is 4. The van der Waals surface area contributed by atoms with Crippen molar-refractivity contribution in [2.24, 2.45) is 5.92 Å². The Balaban J connectivity index is 1.77. The quantitative estimate of drug-likeness (QED) is 0.810. The molecular weight excluding hydrogens is 198 g/mol. The van der Waals surface area contributed by atoms with Crippen molar-refractivity contribution in [3.63, 3.8) is 0 Å². The minimum atomic E-state index is 0.406. The van der Waals surface area contributed by atoms with Gasteiger partial charge in [0.25, 0.3) is 0 Å². The summed E-state index contributed by atoms with van der Waals surface area (Å²) in [5, 5.41) is 7.00. The van der Waals surface area contributed by atoms with E-state index < -0.39 is 0 Å². The first kappa shape index (κ1) is 11.6. The Bertz CT molecular complexity index is 293. The van der Waals surface area contributed by atoms with Crippen molar-refractivity contribution in [2.45, 2.75) is 25.8 Å². The number of hydrogen-bond donors (Lipinski definition) is 2. The van der Waals surface area contributed by atoms with Crippen molar-refractivity contribution in [1.29, 1.82) is 0 Å². The van der Waals surface area contributed by atoms with E-state index in [2.05, 4.69) is 28.6 Å². The third-order valence-electron chi connectivity index (χ3n) is 3.36. The van der Waals surface area contributed by atoms with Gasteiger partial charge in [0.15, 0.2) is 0 Å². The molecule has 88 valence electrons. The van der Waals surface area contributed by atoms with Gasteiger partial charge >= 0.3 is 0 Å². The highest BCUT2D eigenvalue weighted by Gasteiger charge is 2.14. The first-order valence-corrected chi connectivity index (χ1v) is 6.20. The van der Waals surface area contributed by atoms with E-state index in [0.717, 1.165) is 12.5 Å².